The molecule has 2 atom stereocenters. The zero-order valence-electron chi connectivity index (χ0n) is 11.0. The number of nitrogens with one attached hydrogen (secondary N) is 1. The summed E-state index contributed by atoms with van der Waals surface area (Å²) in [4.78, 5) is 0.0630. The largest absolute Gasteiger partial charge is 0.378 e. The third-order valence-corrected chi connectivity index (χ3v) is 5.17. The molecule has 1 aromatic rings. The van der Waals surface area contributed by atoms with Gasteiger partial charge in [-0.2, -0.15) is 5.26 Å². The van der Waals surface area contributed by atoms with Crippen LogP contribution in [-0.2, 0) is 14.8 Å². The van der Waals surface area contributed by atoms with Gasteiger partial charge in [-0.05, 0) is 31.5 Å². The first-order valence-electron chi connectivity index (χ1n) is 6.25. The maximum atomic E-state index is 12.2. The average Bonchev–Trinajstić information content (AvgIpc) is 2.82. The lowest BCUT2D eigenvalue weighted by atomic mass is 10.0. The van der Waals surface area contributed by atoms with E-state index in [9.17, 15) is 8.42 Å². The summed E-state index contributed by atoms with van der Waals surface area (Å²) in [6.07, 6.45) is 0.903. The Kier molecular flexibility index (Phi) is 4.66. The van der Waals surface area contributed by atoms with Gasteiger partial charge < -0.3 is 4.74 Å². The van der Waals surface area contributed by atoms with E-state index in [-0.39, 0.29) is 27.5 Å². The first kappa shape index (κ1) is 15.3. The minimum Gasteiger partial charge on any atom is -0.378 e. The van der Waals surface area contributed by atoms with Gasteiger partial charge in [0.15, 0.2) is 0 Å². The number of nitriles is 1. The van der Waals surface area contributed by atoms with Crippen LogP contribution in [0.4, 0.5) is 0 Å². The van der Waals surface area contributed by atoms with Crippen molar-refractivity contribution in [1.29, 1.82) is 5.26 Å². The highest BCUT2D eigenvalue weighted by Crippen LogP contribution is 2.22. The Morgan fingerprint density at radius 1 is 1.55 bits per heavy atom. The van der Waals surface area contributed by atoms with Crippen LogP contribution in [0.3, 0.4) is 0 Å². The predicted molar refractivity (Wildman–Crippen MR) is 74.9 cm³/mol. The maximum absolute atomic E-state index is 12.2. The second-order valence-electron chi connectivity index (χ2n) is 4.73. The summed E-state index contributed by atoms with van der Waals surface area (Å²) in [5.74, 6) is 0.179. The topological polar surface area (TPSA) is 79.2 Å². The van der Waals surface area contributed by atoms with Crippen LogP contribution in [0.25, 0.3) is 0 Å². The van der Waals surface area contributed by atoms with Crippen molar-refractivity contribution in [2.24, 2.45) is 5.92 Å². The van der Waals surface area contributed by atoms with Crippen LogP contribution in [0, 0.1) is 17.2 Å². The molecule has 2 unspecified atom stereocenters. The number of sulfonamides is 1. The van der Waals surface area contributed by atoms with Crippen LogP contribution in [-0.4, -0.2) is 27.7 Å². The molecule has 0 bridgehead atoms. The van der Waals surface area contributed by atoms with Crippen molar-refractivity contribution in [3.05, 3.63) is 28.8 Å². The zero-order chi connectivity index (χ0) is 14.8. The van der Waals surface area contributed by atoms with Gasteiger partial charge in [0.2, 0.25) is 10.0 Å². The van der Waals surface area contributed by atoms with Gasteiger partial charge in [-0.3, -0.25) is 0 Å². The number of hydrogen-bond acceptors (Lipinski definition) is 4. The van der Waals surface area contributed by atoms with E-state index in [1.807, 2.05) is 13.0 Å². The van der Waals surface area contributed by atoms with E-state index in [2.05, 4.69) is 4.72 Å². The Hall–Kier alpha value is -1.13. The molecule has 5 nitrogen and oxygen atoms in total. The molecule has 0 aromatic heterocycles. The normalized spacial score (nSPS) is 22.6. The van der Waals surface area contributed by atoms with Crippen molar-refractivity contribution in [3.8, 4) is 6.07 Å². The Balaban J connectivity index is 2.10. The fourth-order valence-electron chi connectivity index (χ4n) is 2.10. The molecule has 1 aliphatic rings. The minimum atomic E-state index is -3.62. The van der Waals surface area contributed by atoms with Crippen molar-refractivity contribution in [3.63, 3.8) is 0 Å². The number of nitrogens with zero attached hydrogens (tertiary/aromatic N) is 1. The molecular weight excluding hydrogens is 300 g/mol. The van der Waals surface area contributed by atoms with Gasteiger partial charge in [0.1, 0.15) is 6.07 Å². The summed E-state index contributed by atoms with van der Waals surface area (Å²) in [5, 5.41) is 8.91. The lowest BCUT2D eigenvalue weighted by molar-refractivity contribution is 0.107. The molecule has 0 saturated carbocycles. The summed E-state index contributed by atoms with van der Waals surface area (Å²) < 4.78 is 32.3. The quantitative estimate of drug-likeness (QED) is 0.920. The van der Waals surface area contributed by atoms with Crippen molar-refractivity contribution >= 4 is 21.6 Å². The molecule has 1 heterocycles. The van der Waals surface area contributed by atoms with Crippen molar-refractivity contribution in [1.82, 2.24) is 4.72 Å². The Labute approximate surface area is 123 Å². The number of halogens is 1. The standard InChI is InChI=1S/C13H15ClN2O3S/c1-9-11(4-5-19-9)8-16-20(17,18)12-3-2-10(7-15)13(14)6-12/h2-3,6,9,11,16H,4-5,8H2,1H3. The molecule has 1 aromatic carbocycles. The average molecular weight is 315 g/mol. The van der Waals surface area contributed by atoms with E-state index >= 15 is 0 Å². The van der Waals surface area contributed by atoms with E-state index in [0.717, 1.165) is 6.42 Å². The van der Waals surface area contributed by atoms with Crippen molar-refractivity contribution in [2.45, 2.75) is 24.3 Å². The lowest BCUT2D eigenvalue weighted by Gasteiger charge is -2.15. The van der Waals surface area contributed by atoms with E-state index in [1.165, 1.54) is 18.2 Å². The molecule has 1 saturated heterocycles. The maximum Gasteiger partial charge on any atom is 0.240 e. The molecule has 0 aliphatic carbocycles. The molecule has 0 amide bonds. The highest BCUT2D eigenvalue weighted by molar-refractivity contribution is 7.89. The second kappa shape index (κ2) is 6.10. The molecule has 1 fully saturated rings. The van der Waals surface area contributed by atoms with Gasteiger partial charge in [-0.15, -0.1) is 0 Å². The lowest BCUT2D eigenvalue weighted by Crippen LogP contribution is -2.32. The van der Waals surface area contributed by atoms with Crippen LogP contribution in [0.5, 0.6) is 0 Å². The van der Waals surface area contributed by atoms with Crippen LogP contribution < -0.4 is 4.72 Å². The summed E-state index contributed by atoms with van der Waals surface area (Å²) in [6, 6.07) is 5.96. The molecule has 1 aliphatic heterocycles. The van der Waals surface area contributed by atoms with E-state index < -0.39 is 10.0 Å². The molecule has 7 heteroatoms. The molecular formula is C13H15ClN2O3S. The van der Waals surface area contributed by atoms with E-state index in [1.54, 1.807) is 0 Å². The van der Waals surface area contributed by atoms with Gasteiger partial charge >= 0.3 is 0 Å². The predicted octanol–water partition coefficient (Wildman–Crippen LogP) is 1.91. The third kappa shape index (κ3) is 3.30. The van der Waals surface area contributed by atoms with Crippen LogP contribution >= 0.6 is 11.6 Å². The number of hydrogen-bond donors (Lipinski definition) is 1. The fourth-order valence-corrected chi connectivity index (χ4v) is 3.51. The third-order valence-electron chi connectivity index (χ3n) is 3.44. The fraction of sp³-hybridized carbons (Fsp3) is 0.462. The first-order chi connectivity index (χ1) is 9.44. The molecule has 0 radical (unpaired) electrons. The minimum absolute atomic E-state index is 0.0576. The zero-order valence-corrected chi connectivity index (χ0v) is 12.5. The number of ether oxygens (including phenoxy) is 1. The highest BCUT2D eigenvalue weighted by atomic mass is 35.5. The Morgan fingerprint density at radius 3 is 2.85 bits per heavy atom. The highest BCUT2D eigenvalue weighted by Gasteiger charge is 2.26. The summed E-state index contributed by atoms with van der Waals surface area (Å²) >= 11 is 5.85. The van der Waals surface area contributed by atoms with E-state index in [4.69, 9.17) is 21.6 Å². The SMILES string of the molecule is CC1OCCC1CNS(=O)(=O)c1ccc(C#N)c(Cl)c1. The molecule has 0 spiro atoms. The van der Waals surface area contributed by atoms with Crippen LogP contribution in [0.1, 0.15) is 18.9 Å². The Bertz CT molecular complexity index is 640. The molecule has 2 rings (SSSR count). The number of rotatable bonds is 4. The Morgan fingerprint density at radius 2 is 2.30 bits per heavy atom. The smallest absolute Gasteiger partial charge is 0.240 e. The summed E-state index contributed by atoms with van der Waals surface area (Å²) in [7, 11) is -3.62. The number of benzene rings is 1. The monoisotopic (exact) mass is 314 g/mol. The molecule has 108 valence electrons. The van der Waals surface area contributed by atoms with Gasteiger partial charge in [0.05, 0.1) is 21.6 Å². The summed E-state index contributed by atoms with van der Waals surface area (Å²) in [6.45, 7) is 2.93. The second-order valence-corrected chi connectivity index (χ2v) is 6.90. The van der Waals surface area contributed by atoms with Crippen LogP contribution in [0.2, 0.25) is 5.02 Å². The van der Waals surface area contributed by atoms with Gasteiger partial charge in [0.25, 0.3) is 0 Å². The van der Waals surface area contributed by atoms with Crippen molar-refractivity contribution < 1.29 is 13.2 Å². The van der Waals surface area contributed by atoms with Gasteiger partial charge in [-0.25, -0.2) is 13.1 Å². The molecule has 1 N–H and O–H groups in total. The molecule has 20 heavy (non-hydrogen) atoms. The summed E-state index contributed by atoms with van der Waals surface area (Å²) in [5.41, 5.74) is 0.253. The first-order valence-corrected chi connectivity index (χ1v) is 8.11. The van der Waals surface area contributed by atoms with Crippen molar-refractivity contribution in [2.75, 3.05) is 13.2 Å². The van der Waals surface area contributed by atoms with Crippen LogP contribution in [0.15, 0.2) is 23.1 Å². The van der Waals surface area contributed by atoms with Gasteiger partial charge in [-0.1, -0.05) is 11.6 Å². The van der Waals surface area contributed by atoms with E-state index in [0.29, 0.717) is 13.2 Å². The van der Waals surface area contributed by atoms with Gasteiger partial charge in [0, 0.05) is 19.1 Å².